The van der Waals surface area contributed by atoms with E-state index in [0.717, 1.165) is 4.88 Å². The van der Waals surface area contributed by atoms with Crippen molar-refractivity contribution in [3.63, 3.8) is 0 Å². The molecular weight excluding hydrogens is 448 g/mol. The molecule has 0 saturated heterocycles. The molecule has 0 spiro atoms. The Morgan fingerprint density at radius 1 is 1.06 bits per heavy atom. The fourth-order valence-electron chi connectivity index (χ4n) is 4.44. The predicted molar refractivity (Wildman–Crippen MR) is 133 cm³/mol. The molecule has 0 unspecified atom stereocenters. The van der Waals surface area contributed by atoms with E-state index in [1.807, 2.05) is 40.6 Å². The zero-order valence-electron chi connectivity index (χ0n) is 19.5. The van der Waals surface area contributed by atoms with Gasteiger partial charge in [0.2, 0.25) is 5.91 Å². The Hall–Kier alpha value is -3.45. The summed E-state index contributed by atoms with van der Waals surface area (Å²) in [7, 11) is 0. The lowest BCUT2D eigenvalue weighted by Crippen LogP contribution is -2.47. The molecule has 0 bridgehead atoms. The molecule has 2 aromatic carbocycles. The molecule has 0 fully saturated rings. The molecule has 0 aliphatic carbocycles. The molecule has 4 rings (SSSR count). The number of hydrogen-bond acceptors (Lipinski definition) is 5. The van der Waals surface area contributed by atoms with Crippen LogP contribution in [0.2, 0.25) is 0 Å². The number of esters is 1. The van der Waals surface area contributed by atoms with Crippen molar-refractivity contribution in [2.75, 3.05) is 18.5 Å². The van der Waals surface area contributed by atoms with Gasteiger partial charge in [-0.05, 0) is 48.1 Å². The van der Waals surface area contributed by atoms with Crippen LogP contribution >= 0.6 is 11.3 Å². The molecule has 1 aromatic heterocycles. The van der Waals surface area contributed by atoms with Crippen molar-refractivity contribution in [2.45, 2.75) is 32.7 Å². The maximum atomic E-state index is 13.9. The number of nitrogens with one attached hydrogen (secondary N) is 1. The molecule has 1 N–H and O–H groups in total. The van der Waals surface area contributed by atoms with E-state index in [9.17, 15) is 14.4 Å². The summed E-state index contributed by atoms with van der Waals surface area (Å²) in [6, 6.07) is 17.6. The Kier molecular flexibility index (Phi) is 7.12. The molecule has 2 amide bonds. The van der Waals surface area contributed by atoms with E-state index in [-0.39, 0.29) is 24.3 Å². The van der Waals surface area contributed by atoms with Crippen LogP contribution in [0.5, 0.6) is 0 Å². The number of amides is 2. The Morgan fingerprint density at radius 3 is 2.50 bits per heavy atom. The van der Waals surface area contributed by atoms with Crippen LogP contribution in [0.25, 0.3) is 0 Å². The average molecular weight is 477 g/mol. The first kappa shape index (κ1) is 23.7. The number of anilines is 1. The Morgan fingerprint density at radius 2 is 1.79 bits per heavy atom. The van der Waals surface area contributed by atoms with Crippen LogP contribution < -0.4 is 5.32 Å². The number of benzene rings is 2. The van der Waals surface area contributed by atoms with Gasteiger partial charge in [-0.1, -0.05) is 50.2 Å². The predicted octanol–water partition coefficient (Wildman–Crippen LogP) is 5.50. The maximum Gasteiger partial charge on any atom is 0.340 e. The van der Waals surface area contributed by atoms with Gasteiger partial charge in [-0.25, -0.2) is 4.79 Å². The molecule has 176 valence electrons. The van der Waals surface area contributed by atoms with Crippen LogP contribution in [0.3, 0.4) is 0 Å². The van der Waals surface area contributed by atoms with E-state index in [0.29, 0.717) is 28.9 Å². The molecule has 6 nitrogen and oxygen atoms in total. The minimum absolute atomic E-state index is 0.0707. The van der Waals surface area contributed by atoms with E-state index in [1.54, 1.807) is 37.3 Å². The van der Waals surface area contributed by atoms with E-state index in [1.165, 1.54) is 11.3 Å². The second kappa shape index (κ2) is 10.2. The highest BCUT2D eigenvalue weighted by Crippen LogP contribution is 2.45. The first-order chi connectivity index (χ1) is 16.4. The minimum atomic E-state index is -0.637. The monoisotopic (exact) mass is 476 g/mol. The molecule has 2 atom stereocenters. The number of rotatable bonds is 7. The van der Waals surface area contributed by atoms with Gasteiger partial charge in [-0.2, -0.15) is 0 Å². The lowest BCUT2D eigenvalue weighted by atomic mass is 9.81. The second-order valence-electron chi connectivity index (χ2n) is 8.63. The van der Waals surface area contributed by atoms with Crippen LogP contribution in [0.15, 0.2) is 66.0 Å². The van der Waals surface area contributed by atoms with Crippen LogP contribution in [0, 0.1) is 5.92 Å². The topological polar surface area (TPSA) is 75.7 Å². The Labute approximate surface area is 203 Å². The number of carbonyl (C=O) groups excluding carboxylic acids is 3. The number of carbonyl (C=O) groups is 3. The zero-order valence-corrected chi connectivity index (χ0v) is 20.3. The number of thiophene rings is 1. The lowest BCUT2D eigenvalue weighted by molar-refractivity contribution is -0.119. The Balaban J connectivity index is 1.79. The van der Waals surface area contributed by atoms with Gasteiger partial charge in [-0.3, -0.25) is 9.59 Å². The third kappa shape index (κ3) is 4.61. The Bertz CT molecular complexity index is 1190. The molecule has 1 aliphatic heterocycles. The van der Waals surface area contributed by atoms with Gasteiger partial charge < -0.3 is 15.0 Å². The smallest absolute Gasteiger partial charge is 0.340 e. The van der Waals surface area contributed by atoms with Crippen molar-refractivity contribution >= 4 is 34.8 Å². The van der Waals surface area contributed by atoms with E-state index >= 15 is 0 Å². The molecule has 34 heavy (non-hydrogen) atoms. The quantitative estimate of drug-likeness (QED) is 0.457. The van der Waals surface area contributed by atoms with E-state index in [2.05, 4.69) is 19.2 Å². The summed E-state index contributed by atoms with van der Waals surface area (Å²) >= 11 is 1.53. The number of ether oxygens (including phenoxy) is 1. The average Bonchev–Trinajstić information content (AvgIpc) is 3.35. The summed E-state index contributed by atoms with van der Waals surface area (Å²) in [6.07, 6.45) is 0. The molecule has 0 radical (unpaired) electrons. The van der Waals surface area contributed by atoms with Crippen LogP contribution in [0.1, 0.15) is 63.9 Å². The first-order valence-corrected chi connectivity index (χ1v) is 12.3. The van der Waals surface area contributed by atoms with Gasteiger partial charge in [-0.15, -0.1) is 11.3 Å². The highest BCUT2D eigenvalue weighted by Gasteiger charge is 2.44. The van der Waals surface area contributed by atoms with Crippen molar-refractivity contribution in [1.29, 1.82) is 0 Å². The second-order valence-corrected chi connectivity index (χ2v) is 9.61. The minimum Gasteiger partial charge on any atom is -0.462 e. The lowest BCUT2D eigenvalue weighted by Gasteiger charge is -2.42. The molecule has 2 heterocycles. The molecule has 0 saturated carbocycles. The van der Waals surface area contributed by atoms with Crippen molar-refractivity contribution < 1.29 is 19.1 Å². The number of para-hydroxylation sites is 1. The molecule has 1 aliphatic rings. The summed E-state index contributed by atoms with van der Waals surface area (Å²) in [5, 5.41) is 4.93. The highest BCUT2D eigenvalue weighted by molar-refractivity contribution is 7.10. The van der Waals surface area contributed by atoms with Gasteiger partial charge >= 0.3 is 5.97 Å². The molecular formula is C27H28N2O4S. The molecule has 7 heteroatoms. The SMILES string of the molecule is CCOC(=O)c1ccccc1NC(=O)[C@@H]1c2ccccc2C(=O)N(CC(C)C)[C@@H]1c1cccs1. The number of nitrogens with zero attached hydrogens (tertiary/aromatic N) is 1. The van der Waals surface area contributed by atoms with Crippen LogP contribution in [0.4, 0.5) is 5.69 Å². The van der Waals surface area contributed by atoms with E-state index < -0.39 is 17.9 Å². The number of hydrogen-bond donors (Lipinski definition) is 1. The van der Waals surface area contributed by atoms with Gasteiger partial charge in [0.25, 0.3) is 5.91 Å². The van der Waals surface area contributed by atoms with Crippen molar-refractivity contribution in [3.05, 3.63) is 87.6 Å². The van der Waals surface area contributed by atoms with Crippen molar-refractivity contribution in [3.8, 4) is 0 Å². The maximum absolute atomic E-state index is 13.9. The van der Waals surface area contributed by atoms with E-state index in [4.69, 9.17) is 4.74 Å². The zero-order chi connectivity index (χ0) is 24.2. The first-order valence-electron chi connectivity index (χ1n) is 11.4. The summed E-state index contributed by atoms with van der Waals surface area (Å²) in [4.78, 5) is 42.7. The van der Waals surface area contributed by atoms with Crippen molar-refractivity contribution in [2.24, 2.45) is 5.92 Å². The van der Waals surface area contributed by atoms with Gasteiger partial charge in [0.1, 0.15) is 0 Å². The normalized spacial score (nSPS) is 17.4. The highest BCUT2D eigenvalue weighted by atomic mass is 32.1. The van der Waals surface area contributed by atoms with Crippen molar-refractivity contribution in [1.82, 2.24) is 4.90 Å². The van der Waals surface area contributed by atoms with Crippen LogP contribution in [-0.2, 0) is 9.53 Å². The number of fused-ring (bicyclic) bond motifs is 1. The molecule has 3 aromatic rings. The van der Waals surface area contributed by atoms with Gasteiger partial charge in [0.15, 0.2) is 0 Å². The summed E-state index contributed by atoms with van der Waals surface area (Å²) in [5.74, 6) is -1.25. The third-order valence-electron chi connectivity index (χ3n) is 5.80. The summed E-state index contributed by atoms with van der Waals surface area (Å²) in [5.41, 5.74) is 1.91. The summed E-state index contributed by atoms with van der Waals surface area (Å²) < 4.78 is 5.17. The third-order valence-corrected chi connectivity index (χ3v) is 6.74. The fourth-order valence-corrected chi connectivity index (χ4v) is 5.31. The summed E-state index contributed by atoms with van der Waals surface area (Å²) in [6.45, 7) is 6.63. The standard InChI is InChI=1S/C27H28N2O4S/c1-4-33-27(32)20-12-7-8-13-21(20)28-25(30)23-18-10-5-6-11-19(18)26(31)29(16-17(2)3)24(23)22-14-9-15-34-22/h5-15,17,23-24H,4,16H2,1-3H3,(H,28,30)/t23-,24-/m1/s1. The van der Waals surface area contributed by atoms with Gasteiger partial charge in [0.05, 0.1) is 29.8 Å². The fraction of sp³-hybridized carbons (Fsp3) is 0.296. The van der Waals surface area contributed by atoms with Crippen LogP contribution in [-0.4, -0.2) is 35.8 Å². The largest absolute Gasteiger partial charge is 0.462 e. The van der Waals surface area contributed by atoms with Gasteiger partial charge in [0, 0.05) is 17.0 Å².